The lowest BCUT2D eigenvalue weighted by Gasteiger charge is -2.23. The van der Waals surface area contributed by atoms with E-state index in [4.69, 9.17) is 0 Å². The lowest BCUT2D eigenvalue weighted by Crippen LogP contribution is -2.35. The first-order valence-corrected chi connectivity index (χ1v) is 9.56. The first-order chi connectivity index (χ1) is 13.0. The minimum Gasteiger partial charge on any atom is -0.339 e. The summed E-state index contributed by atoms with van der Waals surface area (Å²) in [5.74, 6) is 0.280. The molecule has 1 atom stereocenters. The minimum atomic E-state index is -0.275. The molecule has 2 N–H and O–H groups in total. The summed E-state index contributed by atoms with van der Waals surface area (Å²) in [5, 5.41) is 5.90. The molecule has 1 aliphatic heterocycles. The molecule has 2 aromatic carbocycles. The fourth-order valence-electron chi connectivity index (χ4n) is 3.44. The van der Waals surface area contributed by atoms with Crippen LogP contribution in [0.1, 0.15) is 48.7 Å². The highest BCUT2D eigenvalue weighted by Gasteiger charge is 2.21. The summed E-state index contributed by atoms with van der Waals surface area (Å²) in [4.78, 5) is 26.9. The molecule has 142 valence electrons. The number of likely N-dealkylation sites (tertiary alicyclic amines) is 1. The van der Waals surface area contributed by atoms with E-state index in [2.05, 4.69) is 24.5 Å². The zero-order valence-electron chi connectivity index (χ0n) is 15.9. The summed E-state index contributed by atoms with van der Waals surface area (Å²) in [6, 6.07) is 16.7. The van der Waals surface area contributed by atoms with Gasteiger partial charge in [-0.25, -0.2) is 4.79 Å². The molecule has 0 bridgehead atoms. The predicted molar refractivity (Wildman–Crippen MR) is 108 cm³/mol. The lowest BCUT2D eigenvalue weighted by atomic mass is 9.96. The number of hydrogen-bond acceptors (Lipinski definition) is 2. The number of hydrogen-bond donors (Lipinski definition) is 2. The number of carbonyl (C=O) groups is 2. The summed E-state index contributed by atoms with van der Waals surface area (Å²) in [7, 11) is 0. The SMILES string of the molecule is CC(C)C(NC(=O)Nc1cccc(C(=O)N2CCCC2)c1)c1ccccc1. The van der Waals surface area contributed by atoms with Crippen LogP contribution >= 0.6 is 0 Å². The Morgan fingerprint density at radius 1 is 0.963 bits per heavy atom. The standard InChI is InChI=1S/C22H27N3O2/c1-16(2)20(17-9-4-3-5-10-17)24-22(27)23-19-12-8-11-18(15-19)21(26)25-13-6-7-14-25/h3-5,8-12,15-16,20H,6-7,13-14H2,1-2H3,(H2,23,24,27). The van der Waals surface area contributed by atoms with Gasteiger partial charge in [-0.3, -0.25) is 4.79 Å². The maximum absolute atomic E-state index is 12.5. The molecule has 1 saturated heterocycles. The van der Waals surface area contributed by atoms with E-state index in [1.54, 1.807) is 24.3 Å². The fourth-order valence-corrected chi connectivity index (χ4v) is 3.44. The van der Waals surface area contributed by atoms with E-state index in [0.717, 1.165) is 31.5 Å². The van der Waals surface area contributed by atoms with Crippen molar-refractivity contribution in [3.8, 4) is 0 Å². The number of nitrogens with zero attached hydrogens (tertiary/aromatic N) is 1. The molecule has 1 fully saturated rings. The molecule has 0 aliphatic carbocycles. The van der Waals surface area contributed by atoms with E-state index in [9.17, 15) is 9.59 Å². The van der Waals surface area contributed by atoms with Crippen molar-refractivity contribution in [1.82, 2.24) is 10.2 Å². The number of benzene rings is 2. The molecule has 1 aliphatic rings. The quantitative estimate of drug-likeness (QED) is 0.823. The van der Waals surface area contributed by atoms with Crippen LogP contribution in [-0.4, -0.2) is 29.9 Å². The number of amides is 3. The van der Waals surface area contributed by atoms with Crippen LogP contribution in [0.15, 0.2) is 54.6 Å². The van der Waals surface area contributed by atoms with Gasteiger partial charge in [-0.2, -0.15) is 0 Å². The zero-order chi connectivity index (χ0) is 19.2. The van der Waals surface area contributed by atoms with Gasteiger partial charge >= 0.3 is 6.03 Å². The topological polar surface area (TPSA) is 61.4 Å². The summed E-state index contributed by atoms with van der Waals surface area (Å²) < 4.78 is 0. The zero-order valence-corrected chi connectivity index (χ0v) is 15.9. The van der Waals surface area contributed by atoms with Crippen molar-refractivity contribution >= 4 is 17.6 Å². The molecule has 0 radical (unpaired) electrons. The average molecular weight is 365 g/mol. The molecule has 1 heterocycles. The number of anilines is 1. The van der Waals surface area contributed by atoms with Crippen molar-refractivity contribution in [2.75, 3.05) is 18.4 Å². The van der Waals surface area contributed by atoms with Gasteiger partial charge in [-0.15, -0.1) is 0 Å². The first kappa shape index (κ1) is 19.0. The van der Waals surface area contributed by atoms with Crippen LogP contribution in [0.4, 0.5) is 10.5 Å². The van der Waals surface area contributed by atoms with Crippen LogP contribution in [-0.2, 0) is 0 Å². The Balaban J connectivity index is 1.66. The van der Waals surface area contributed by atoms with Crippen LogP contribution < -0.4 is 10.6 Å². The van der Waals surface area contributed by atoms with Crippen LogP contribution in [0.25, 0.3) is 0 Å². The second kappa shape index (κ2) is 8.71. The molecule has 2 aromatic rings. The molecule has 3 amide bonds. The third kappa shape index (κ3) is 4.88. The second-order valence-corrected chi connectivity index (χ2v) is 7.31. The maximum atomic E-state index is 12.5. The van der Waals surface area contributed by atoms with Gasteiger partial charge in [-0.05, 0) is 42.5 Å². The highest BCUT2D eigenvalue weighted by atomic mass is 16.2. The van der Waals surface area contributed by atoms with Gasteiger partial charge in [0.25, 0.3) is 5.91 Å². The van der Waals surface area contributed by atoms with Crippen molar-refractivity contribution in [2.24, 2.45) is 5.92 Å². The Morgan fingerprint density at radius 2 is 1.67 bits per heavy atom. The highest BCUT2D eigenvalue weighted by molar-refractivity contribution is 5.97. The Morgan fingerprint density at radius 3 is 2.33 bits per heavy atom. The van der Waals surface area contributed by atoms with E-state index in [0.29, 0.717) is 11.3 Å². The highest BCUT2D eigenvalue weighted by Crippen LogP contribution is 2.22. The van der Waals surface area contributed by atoms with E-state index in [1.807, 2.05) is 35.2 Å². The molecule has 5 heteroatoms. The number of carbonyl (C=O) groups excluding carboxylic acids is 2. The maximum Gasteiger partial charge on any atom is 0.319 e. The predicted octanol–water partition coefficient (Wildman–Crippen LogP) is 4.44. The van der Waals surface area contributed by atoms with E-state index in [1.165, 1.54) is 0 Å². The molecule has 27 heavy (non-hydrogen) atoms. The summed E-state index contributed by atoms with van der Waals surface area (Å²) in [6.07, 6.45) is 2.12. The lowest BCUT2D eigenvalue weighted by molar-refractivity contribution is 0.0793. The van der Waals surface area contributed by atoms with Crippen LogP contribution in [0.5, 0.6) is 0 Å². The van der Waals surface area contributed by atoms with Gasteiger partial charge in [0.2, 0.25) is 0 Å². The van der Waals surface area contributed by atoms with Gasteiger partial charge in [-0.1, -0.05) is 50.2 Å². The average Bonchev–Trinajstić information content (AvgIpc) is 3.21. The van der Waals surface area contributed by atoms with Gasteiger partial charge in [0.1, 0.15) is 0 Å². The molecule has 0 aromatic heterocycles. The smallest absolute Gasteiger partial charge is 0.319 e. The summed E-state index contributed by atoms with van der Waals surface area (Å²) >= 11 is 0. The third-order valence-corrected chi connectivity index (χ3v) is 4.87. The van der Waals surface area contributed by atoms with Crippen molar-refractivity contribution in [2.45, 2.75) is 32.7 Å². The largest absolute Gasteiger partial charge is 0.339 e. The molecule has 3 rings (SSSR count). The van der Waals surface area contributed by atoms with Gasteiger partial charge < -0.3 is 15.5 Å². The molecule has 1 unspecified atom stereocenters. The van der Waals surface area contributed by atoms with Crippen LogP contribution in [0, 0.1) is 5.92 Å². The van der Waals surface area contributed by atoms with Crippen molar-refractivity contribution < 1.29 is 9.59 Å². The Bertz CT molecular complexity index is 783. The number of nitrogens with one attached hydrogen (secondary N) is 2. The normalized spacial score (nSPS) is 14.9. The third-order valence-electron chi connectivity index (χ3n) is 4.87. The van der Waals surface area contributed by atoms with Gasteiger partial charge in [0, 0.05) is 24.3 Å². The minimum absolute atomic E-state index is 0.0286. The second-order valence-electron chi connectivity index (χ2n) is 7.31. The Kier molecular flexibility index (Phi) is 6.12. The van der Waals surface area contributed by atoms with Gasteiger partial charge in [0.05, 0.1) is 6.04 Å². The molecular formula is C22H27N3O2. The molecular weight excluding hydrogens is 338 g/mol. The number of rotatable bonds is 5. The van der Waals surface area contributed by atoms with Crippen LogP contribution in [0.2, 0.25) is 0 Å². The van der Waals surface area contributed by atoms with E-state index >= 15 is 0 Å². The summed E-state index contributed by atoms with van der Waals surface area (Å²) in [6.45, 7) is 5.77. The monoisotopic (exact) mass is 365 g/mol. The van der Waals surface area contributed by atoms with Gasteiger partial charge in [0.15, 0.2) is 0 Å². The Hall–Kier alpha value is -2.82. The first-order valence-electron chi connectivity index (χ1n) is 9.56. The van der Waals surface area contributed by atoms with E-state index in [-0.39, 0.29) is 23.9 Å². The van der Waals surface area contributed by atoms with E-state index < -0.39 is 0 Å². The Labute approximate surface area is 160 Å². The number of urea groups is 1. The van der Waals surface area contributed by atoms with Crippen LogP contribution in [0.3, 0.4) is 0 Å². The molecule has 5 nitrogen and oxygen atoms in total. The summed E-state index contributed by atoms with van der Waals surface area (Å²) in [5.41, 5.74) is 2.30. The molecule has 0 spiro atoms. The molecule has 0 saturated carbocycles. The van der Waals surface area contributed by atoms with Crippen molar-refractivity contribution in [1.29, 1.82) is 0 Å². The van der Waals surface area contributed by atoms with Crippen molar-refractivity contribution in [3.05, 3.63) is 65.7 Å². The fraction of sp³-hybridized carbons (Fsp3) is 0.364. The van der Waals surface area contributed by atoms with Crippen molar-refractivity contribution in [3.63, 3.8) is 0 Å².